The molecule has 16 heavy (non-hydrogen) atoms. The Labute approximate surface area is 98.0 Å². The zero-order valence-electron chi connectivity index (χ0n) is 10.1. The number of hydrogen-bond acceptors (Lipinski definition) is 2. The Bertz CT molecular complexity index is 312. The molecule has 0 saturated carbocycles. The lowest BCUT2D eigenvalue weighted by Gasteiger charge is -2.25. The first-order chi connectivity index (χ1) is 7.81. The monoisotopic (exact) mass is 219 g/mol. The molecule has 0 radical (unpaired) electrons. The second-order valence-electron chi connectivity index (χ2n) is 4.61. The van der Waals surface area contributed by atoms with E-state index < -0.39 is 0 Å². The topological polar surface area (TPSA) is 21.3 Å². The summed E-state index contributed by atoms with van der Waals surface area (Å²) in [5, 5.41) is 3.44. The molecule has 1 aliphatic rings. The van der Waals surface area contributed by atoms with Crippen molar-refractivity contribution < 1.29 is 4.74 Å². The summed E-state index contributed by atoms with van der Waals surface area (Å²) in [4.78, 5) is 0. The van der Waals surface area contributed by atoms with Crippen LogP contribution >= 0.6 is 0 Å². The Hall–Kier alpha value is -0.860. The molecule has 1 N–H and O–H groups in total. The maximum absolute atomic E-state index is 5.65. The highest BCUT2D eigenvalue weighted by atomic mass is 16.5. The molecule has 1 heterocycles. The van der Waals surface area contributed by atoms with E-state index in [1.807, 2.05) is 0 Å². The fourth-order valence-corrected chi connectivity index (χ4v) is 2.61. The minimum Gasteiger partial charge on any atom is -0.378 e. The number of benzene rings is 1. The smallest absolute Gasteiger partial charge is 0.0590 e. The number of likely N-dealkylation sites (N-methyl/N-ethyl adjacent to an activating group) is 1. The van der Waals surface area contributed by atoms with Crippen LogP contribution in [0.1, 0.15) is 18.9 Å². The summed E-state index contributed by atoms with van der Waals surface area (Å²) in [5.74, 6) is 0.644. The molecule has 3 atom stereocenters. The molecule has 1 fully saturated rings. The van der Waals surface area contributed by atoms with Gasteiger partial charge < -0.3 is 10.1 Å². The molecule has 3 unspecified atom stereocenters. The maximum atomic E-state index is 5.65. The average Bonchev–Trinajstić information content (AvgIpc) is 2.74. The molecule has 2 heteroatoms. The third kappa shape index (κ3) is 2.63. The minimum atomic E-state index is 0.390. The molecule has 1 aromatic carbocycles. The van der Waals surface area contributed by atoms with Crippen molar-refractivity contribution in [1.29, 1.82) is 0 Å². The van der Waals surface area contributed by atoms with Gasteiger partial charge >= 0.3 is 0 Å². The van der Waals surface area contributed by atoms with Gasteiger partial charge in [-0.2, -0.15) is 0 Å². The molecule has 1 aromatic rings. The first-order valence-corrected chi connectivity index (χ1v) is 6.14. The summed E-state index contributed by atoms with van der Waals surface area (Å²) in [6.07, 6.45) is 2.66. The first-order valence-electron chi connectivity index (χ1n) is 6.14. The Morgan fingerprint density at radius 3 is 2.69 bits per heavy atom. The molecule has 2 rings (SSSR count). The summed E-state index contributed by atoms with van der Waals surface area (Å²) in [6, 6.07) is 11.2. The molecular weight excluding hydrogens is 198 g/mol. The van der Waals surface area contributed by atoms with Crippen LogP contribution in [0.3, 0.4) is 0 Å². The molecule has 0 aromatic heterocycles. The van der Waals surface area contributed by atoms with Gasteiger partial charge in [-0.25, -0.2) is 0 Å². The molecule has 0 spiro atoms. The second kappa shape index (κ2) is 5.46. The van der Waals surface area contributed by atoms with Gasteiger partial charge in [0.2, 0.25) is 0 Å². The van der Waals surface area contributed by atoms with E-state index in [0.717, 1.165) is 13.0 Å². The summed E-state index contributed by atoms with van der Waals surface area (Å²) >= 11 is 0. The van der Waals surface area contributed by atoms with Crippen molar-refractivity contribution in [1.82, 2.24) is 5.32 Å². The number of rotatable bonds is 4. The highest BCUT2D eigenvalue weighted by molar-refractivity contribution is 5.16. The first kappa shape index (κ1) is 11.6. The van der Waals surface area contributed by atoms with Crippen molar-refractivity contribution in [2.75, 3.05) is 13.7 Å². The van der Waals surface area contributed by atoms with Gasteiger partial charge in [-0.1, -0.05) is 30.3 Å². The molecule has 1 saturated heterocycles. The zero-order chi connectivity index (χ0) is 11.4. The van der Waals surface area contributed by atoms with E-state index in [-0.39, 0.29) is 0 Å². The highest BCUT2D eigenvalue weighted by Gasteiger charge is 2.30. The molecule has 0 aliphatic carbocycles. The highest BCUT2D eigenvalue weighted by Crippen LogP contribution is 2.25. The summed E-state index contributed by atoms with van der Waals surface area (Å²) < 4.78 is 5.65. The Kier molecular flexibility index (Phi) is 3.97. The van der Waals surface area contributed by atoms with Gasteiger partial charge in [0, 0.05) is 18.6 Å². The largest absolute Gasteiger partial charge is 0.378 e. The fraction of sp³-hybridized carbons (Fsp3) is 0.571. The standard InChI is InChI=1S/C14H21NO/c1-11-13(8-9-16-11)14(15-2)10-12-6-4-3-5-7-12/h3-7,11,13-15H,8-10H2,1-2H3. The number of hydrogen-bond donors (Lipinski definition) is 1. The quantitative estimate of drug-likeness (QED) is 0.838. The van der Waals surface area contributed by atoms with Crippen molar-refractivity contribution >= 4 is 0 Å². The maximum Gasteiger partial charge on any atom is 0.0590 e. The summed E-state index contributed by atoms with van der Waals surface area (Å²) in [7, 11) is 2.05. The lowest BCUT2D eigenvalue weighted by Crippen LogP contribution is -2.38. The Morgan fingerprint density at radius 1 is 1.38 bits per heavy atom. The minimum absolute atomic E-state index is 0.390. The van der Waals surface area contributed by atoms with Crippen LogP contribution in [-0.2, 0) is 11.2 Å². The summed E-state index contributed by atoms with van der Waals surface area (Å²) in [6.45, 7) is 3.10. The molecular formula is C14H21NO. The molecule has 88 valence electrons. The average molecular weight is 219 g/mol. The zero-order valence-corrected chi connectivity index (χ0v) is 10.1. The fourth-order valence-electron chi connectivity index (χ4n) is 2.61. The van der Waals surface area contributed by atoms with Crippen LogP contribution in [0.15, 0.2) is 30.3 Å². The van der Waals surface area contributed by atoms with E-state index in [4.69, 9.17) is 4.74 Å². The van der Waals surface area contributed by atoms with E-state index >= 15 is 0 Å². The predicted molar refractivity (Wildman–Crippen MR) is 66.5 cm³/mol. The van der Waals surface area contributed by atoms with E-state index in [0.29, 0.717) is 18.1 Å². The van der Waals surface area contributed by atoms with E-state index in [1.165, 1.54) is 12.0 Å². The lowest BCUT2D eigenvalue weighted by atomic mass is 9.89. The molecule has 0 bridgehead atoms. The van der Waals surface area contributed by atoms with Crippen LogP contribution in [0.2, 0.25) is 0 Å². The van der Waals surface area contributed by atoms with Gasteiger partial charge in [0.15, 0.2) is 0 Å². The van der Waals surface area contributed by atoms with Gasteiger partial charge in [-0.15, -0.1) is 0 Å². The van der Waals surface area contributed by atoms with Crippen LogP contribution in [0.4, 0.5) is 0 Å². The van der Waals surface area contributed by atoms with Gasteiger partial charge in [0.1, 0.15) is 0 Å². The van der Waals surface area contributed by atoms with Crippen molar-refractivity contribution in [3.8, 4) is 0 Å². The summed E-state index contributed by atoms with van der Waals surface area (Å²) in [5.41, 5.74) is 1.40. The van der Waals surface area contributed by atoms with Crippen LogP contribution in [0, 0.1) is 5.92 Å². The van der Waals surface area contributed by atoms with Gasteiger partial charge in [-0.3, -0.25) is 0 Å². The van der Waals surface area contributed by atoms with Crippen molar-refractivity contribution in [2.45, 2.75) is 31.9 Å². The van der Waals surface area contributed by atoms with E-state index in [1.54, 1.807) is 0 Å². The van der Waals surface area contributed by atoms with Crippen LogP contribution in [0.5, 0.6) is 0 Å². The third-order valence-electron chi connectivity index (χ3n) is 3.62. The number of ether oxygens (including phenoxy) is 1. The Morgan fingerprint density at radius 2 is 2.12 bits per heavy atom. The van der Waals surface area contributed by atoms with Crippen LogP contribution in [0.25, 0.3) is 0 Å². The molecule has 0 amide bonds. The van der Waals surface area contributed by atoms with Gasteiger partial charge in [-0.05, 0) is 32.4 Å². The van der Waals surface area contributed by atoms with Crippen LogP contribution < -0.4 is 5.32 Å². The Balaban J connectivity index is 2.00. The third-order valence-corrected chi connectivity index (χ3v) is 3.62. The second-order valence-corrected chi connectivity index (χ2v) is 4.61. The SMILES string of the molecule is CNC(Cc1ccccc1)C1CCOC1C. The van der Waals surface area contributed by atoms with E-state index in [9.17, 15) is 0 Å². The van der Waals surface area contributed by atoms with Crippen LogP contribution in [-0.4, -0.2) is 25.8 Å². The molecule has 1 aliphatic heterocycles. The van der Waals surface area contributed by atoms with Gasteiger partial charge in [0.25, 0.3) is 0 Å². The molecule has 2 nitrogen and oxygen atoms in total. The van der Waals surface area contributed by atoms with Crippen molar-refractivity contribution in [2.24, 2.45) is 5.92 Å². The van der Waals surface area contributed by atoms with Gasteiger partial charge in [0.05, 0.1) is 6.10 Å². The number of nitrogens with one attached hydrogen (secondary N) is 1. The predicted octanol–water partition coefficient (Wildman–Crippen LogP) is 2.24. The van der Waals surface area contributed by atoms with E-state index in [2.05, 4.69) is 49.6 Å². The lowest BCUT2D eigenvalue weighted by molar-refractivity contribution is 0.0963. The van der Waals surface area contributed by atoms with Crippen molar-refractivity contribution in [3.05, 3.63) is 35.9 Å². The van der Waals surface area contributed by atoms with Crippen molar-refractivity contribution in [3.63, 3.8) is 0 Å². The normalized spacial score (nSPS) is 26.9.